The lowest BCUT2D eigenvalue weighted by Gasteiger charge is -2.14. The zero-order chi connectivity index (χ0) is 12.6. The van der Waals surface area contributed by atoms with Crippen LogP contribution < -0.4 is 0 Å². The fraction of sp³-hybridized carbons (Fsp3) is 0.714. The molecule has 0 amide bonds. The Labute approximate surface area is 95.2 Å². The number of alkyl halides is 6. The van der Waals surface area contributed by atoms with Gasteiger partial charge in [0.2, 0.25) is 5.89 Å². The average molecular weight is 309 g/mol. The summed E-state index contributed by atoms with van der Waals surface area (Å²) in [5.74, 6) is -7.17. The molecule has 1 aromatic heterocycles. The molecule has 9 heteroatoms. The largest absolute Gasteiger partial charge is 0.463 e. The van der Waals surface area contributed by atoms with Gasteiger partial charge < -0.3 is 4.42 Å². The van der Waals surface area contributed by atoms with Gasteiger partial charge in [0.25, 0.3) is 5.89 Å². The van der Waals surface area contributed by atoms with Crippen molar-refractivity contribution in [3.8, 4) is 0 Å². The molecule has 1 atom stereocenters. The molecule has 0 aliphatic rings. The van der Waals surface area contributed by atoms with Crippen molar-refractivity contribution in [1.82, 2.24) is 10.2 Å². The molecular formula is C7H6BrF5N2O. The highest BCUT2D eigenvalue weighted by Gasteiger charge is 2.63. The minimum Gasteiger partial charge on any atom is -0.418 e. The van der Waals surface area contributed by atoms with Crippen LogP contribution in [0.15, 0.2) is 4.42 Å². The smallest absolute Gasteiger partial charge is 0.418 e. The summed E-state index contributed by atoms with van der Waals surface area (Å²) in [6.45, 7) is 1.67. The van der Waals surface area contributed by atoms with Gasteiger partial charge in [-0.1, -0.05) is 22.9 Å². The van der Waals surface area contributed by atoms with Crippen LogP contribution in [-0.4, -0.2) is 16.4 Å². The molecule has 3 nitrogen and oxygen atoms in total. The average Bonchev–Trinajstić information content (AvgIpc) is 2.64. The molecule has 0 bridgehead atoms. The van der Waals surface area contributed by atoms with Gasteiger partial charge in [0.05, 0.1) is 4.83 Å². The van der Waals surface area contributed by atoms with Crippen LogP contribution in [0.1, 0.15) is 30.0 Å². The molecule has 0 fully saturated rings. The van der Waals surface area contributed by atoms with Crippen LogP contribution in [0.2, 0.25) is 0 Å². The highest BCUT2D eigenvalue weighted by molar-refractivity contribution is 9.09. The van der Waals surface area contributed by atoms with Crippen molar-refractivity contribution in [3.05, 3.63) is 11.8 Å². The van der Waals surface area contributed by atoms with E-state index in [0.29, 0.717) is 6.42 Å². The van der Waals surface area contributed by atoms with Crippen LogP contribution in [0.4, 0.5) is 22.0 Å². The molecule has 0 aliphatic carbocycles. The van der Waals surface area contributed by atoms with E-state index in [1.54, 1.807) is 6.92 Å². The first-order valence-electron chi connectivity index (χ1n) is 4.12. The Morgan fingerprint density at radius 2 is 1.81 bits per heavy atom. The first-order chi connectivity index (χ1) is 7.20. The monoisotopic (exact) mass is 308 g/mol. The van der Waals surface area contributed by atoms with E-state index in [-0.39, 0.29) is 5.89 Å². The molecule has 0 saturated carbocycles. The van der Waals surface area contributed by atoms with Crippen LogP contribution >= 0.6 is 15.9 Å². The predicted octanol–water partition coefficient (Wildman–Crippen LogP) is 3.57. The predicted molar refractivity (Wildman–Crippen MR) is 46.2 cm³/mol. The molecule has 1 unspecified atom stereocenters. The second-order valence-electron chi connectivity index (χ2n) is 2.89. The number of rotatable bonds is 3. The van der Waals surface area contributed by atoms with Gasteiger partial charge in [-0.3, -0.25) is 0 Å². The van der Waals surface area contributed by atoms with E-state index >= 15 is 0 Å². The van der Waals surface area contributed by atoms with Crippen molar-refractivity contribution >= 4 is 15.9 Å². The molecular weight excluding hydrogens is 303 g/mol. The second-order valence-corrected chi connectivity index (χ2v) is 4.00. The Bertz CT molecular complexity index is 364. The summed E-state index contributed by atoms with van der Waals surface area (Å²) in [4.78, 5) is -0.544. The molecule has 0 aliphatic heterocycles. The van der Waals surface area contributed by atoms with Crippen LogP contribution in [0, 0.1) is 0 Å². The highest BCUT2D eigenvalue weighted by Crippen LogP contribution is 2.43. The molecule has 0 aromatic carbocycles. The topological polar surface area (TPSA) is 38.9 Å². The van der Waals surface area contributed by atoms with E-state index in [0.717, 1.165) is 0 Å². The molecule has 0 spiro atoms. The number of nitrogens with zero attached hydrogens (tertiary/aromatic N) is 2. The summed E-state index contributed by atoms with van der Waals surface area (Å²) >= 11 is 2.99. The lowest BCUT2D eigenvalue weighted by Crippen LogP contribution is -2.34. The zero-order valence-electron chi connectivity index (χ0n) is 7.85. The molecule has 1 heterocycles. The van der Waals surface area contributed by atoms with Gasteiger partial charge >= 0.3 is 12.1 Å². The fourth-order valence-corrected chi connectivity index (χ4v) is 0.969. The third-order valence-corrected chi connectivity index (χ3v) is 2.73. The Hall–Kier alpha value is -0.730. The van der Waals surface area contributed by atoms with Crippen LogP contribution in [0.5, 0.6) is 0 Å². The van der Waals surface area contributed by atoms with E-state index in [4.69, 9.17) is 0 Å². The first-order valence-corrected chi connectivity index (χ1v) is 5.04. The summed E-state index contributed by atoms with van der Waals surface area (Å²) in [5.41, 5.74) is 0. The van der Waals surface area contributed by atoms with Crippen molar-refractivity contribution < 1.29 is 26.4 Å². The summed E-state index contributed by atoms with van der Waals surface area (Å²) in [5, 5.41) is 5.83. The van der Waals surface area contributed by atoms with Crippen molar-refractivity contribution in [2.75, 3.05) is 0 Å². The van der Waals surface area contributed by atoms with E-state index in [2.05, 4.69) is 30.5 Å². The number of hydrogen-bond donors (Lipinski definition) is 0. The molecule has 1 rings (SSSR count). The van der Waals surface area contributed by atoms with E-state index in [1.165, 1.54) is 0 Å². The summed E-state index contributed by atoms with van der Waals surface area (Å²) in [6.07, 6.45) is -5.33. The quantitative estimate of drug-likeness (QED) is 0.633. The van der Waals surface area contributed by atoms with Crippen molar-refractivity contribution in [2.24, 2.45) is 0 Å². The number of hydrogen-bond acceptors (Lipinski definition) is 3. The maximum Gasteiger partial charge on any atom is 0.463 e. The normalized spacial score (nSPS) is 15.2. The van der Waals surface area contributed by atoms with E-state index in [1.807, 2.05) is 0 Å². The van der Waals surface area contributed by atoms with Crippen molar-refractivity contribution in [1.29, 1.82) is 0 Å². The van der Waals surface area contributed by atoms with Crippen molar-refractivity contribution in [3.63, 3.8) is 0 Å². The lowest BCUT2D eigenvalue weighted by molar-refractivity contribution is -0.297. The molecule has 0 N–H and O–H groups in total. The maximum atomic E-state index is 12.7. The zero-order valence-corrected chi connectivity index (χ0v) is 9.44. The fourth-order valence-electron chi connectivity index (χ4n) is 0.784. The highest BCUT2D eigenvalue weighted by atomic mass is 79.9. The first kappa shape index (κ1) is 13.3. The molecule has 0 radical (unpaired) electrons. The third-order valence-electron chi connectivity index (χ3n) is 1.69. The molecule has 1 aromatic rings. The van der Waals surface area contributed by atoms with Crippen LogP contribution in [0.3, 0.4) is 0 Å². The Morgan fingerprint density at radius 3 is 2.25 bits per heavy atom. The number of aromatic nitrogens is 2. The van der Waals surface area contributed by atoms with Gasteiger partial charge in [-0.05, 0) is 6.42 Å². The maximum absolute atomic E-state index is 12.7. The summed E-state index contributed by atoms with van der Waals surface area (Å²) in [6, 6.07) is 0. The van der Waals surface area contributed by atoms with Crippen LogP contribution in [-0.2, 0) is 5.92 Å². The molecule has 0 saturated heterocycles. The van der Waals surface area contributed by atoms with Crippen LogP contribution in [0.25, 0.3) is 0 Å². The second kappa shape index (κ2) is 4.27. The Morgan fingerprint density at radius 1 is 1.25 bits per heavy atom. The Kier molecular flexibility index (Phi) is 3.56. The van der Waals surface area contributed by atoms with Gasteiger partial charge in [-0.25, -0.2) is 0 Å². The SMILES string of the molecule is CCC(Br)c1nnc(C(F)(F)C(F)(F)F)o1. The summed E-state index contributed by atoms with van der Waals surface area (Å²) in [7, 11) is 0. The van der Waals surface area contributed by atoms with E-state index in [9.17, 15) is 22.0 Å². The van der Waals surface area contributed by atoms with Gasteiger partial charge in [0.15, 0.2) is 0 Å². The Balaban J connectivity index is 3.02. The lowest BCUT2D eigenvalue weighted by atomic mass is 10.3. The molecule has 16 heavy (non-hydrogen) atoms. The van der Waals surface area contributed by atoms with Crippen molar-refractivity contribution in [2.45, 2.75) is 30.3 Å². The van der Waals surface area contributed by atoms with Gasteiger partial charge in [-0.15, -0.1) is 10.2 Å². The van der Waals surface area contributed by atoms with Gasteiger partial charge in [0.1, 0.15) is 0 Å². The van der Waals surface area contributed by atoms with E-state index < -0.39 is 22.8 Å². The summed E-state index contributed by atoms with van der Waals surface area (Å²) < 4.78 is 65.5. The van der Waals surface area contributed by atoms with Gasteiger partial charge in [-0.2, -0.15) is 22.0 Å². The number of halogens is 6. The minimum atomic E-state index is -5.75. The molecule has 92 valence electrons. The van der Waals surface area contributed by atoms with Gasteiger partial charge in [0, 0.05) is 0 Å². The standard InChI is InChI=1S/C7H6BrF5N2O/c1-2-3(8)4-14-15-5(16-4)6(9,10)7(11,12)13/h3H,2H2,1H3. The minimum absolute atomic E-state index is 0.304. The third kappa shape index (κ3) is 2.33.